The van der Waals surface area contributed by atoms with Crippen molar-refractivity contribution in [2.24, 2.45) is 0 Å². The highest BCUT2D eigenvalue weighted by atomic mass is 16.3. The number of hydrogen-bond acceptors (Lipinski definition) is 3. The number of fused-ring (bicyclic) bond motifs is 3. The Balaban J connectivity index is 1.60. The smallest absolute Gasteiger partial charge is 0.225 e. The molecule has 124 valence electrons. The van der Waals surface area contributed by atoms with Crippen LogP contribution in [0.5, 0.6) is 0 Å². The van der Waals surface area contributed by atoms with Crippen molar-refractivity contribution in [2.45, 2.75) is 19.4 Å². The molecule has 4 heteroatoms. The minimum absolute atomic E-state index is 0.0474. The zero-order valence-corrected chi connectivity index (χ0v) is 13.9. The molecule has 2 aromatic carbocycles. The monoisotopic (exact) mass is 330 g/mol. The number of pyridine rings is 1. The van der Waals surface area contributed by atoms with Gasteiger partial charge in [-0.25, -0.2) is 0 Å². The lowest BCUT2D eigenvalue weighted by Crippen LogP contribution is -2.28. The Morgan fingerprint density at radius 1 is 1.12 bits per heavy atom. The lowest BCUT2D eigenvalue weighted by Gasteiger charge is -2.13. The molecule has 0 aliphatic heterocycles. The first-order valence-corrected chi connectivity index (χ1v) is 8.30. The van der Waals surface area contributed by atoms with E-state index in [1.807, 2.05) is 49.4 Å². The fraction of sp³-hybridized carbons (Fsp3) is 0.143. The molecule has 0 aliphatic rings. The average molecular weight is 330 g/mol. The molecule has 0 aliphatic carbocycles. The summed E-state index contributed by atoms with van der Waals surface area (Å²) < 4.78 is 5.66. The van der Waals surface area contributed by atoms with Crippen molar-refractivity contribution in [3.05, 3.63) is 78.3 Å². The molecule has 4 aromatic rings. The summed E-state index contributed by atoms with van der Waals surface area (Å²) in [6.45, 7) is 1.93. The first-order chi connectivity index (χ1) is 12.2. The summed E-state index contributed by atoms with van der Waals surface area (Å²) in [5, 5.41) is 6.26. The second-order valence-corrected chi connectivity index (χ2v) is 6.14. The Hall–Kier alpha value is -3.14. The second kappa shape index (κ2) is 6.40. The third-order valence-electron chi connectivity index (χ3n) is 4.40. The van der Waals surface area contributed by atoms with Crippen LogP contribution in [0.25, 0.3) is 21.7 Å². The van der Waals surface area contributed by atoms with Gasteiger partial charge in [0.05, 0.1) is 24.4 Å². The molecule has 4 rings (SSSR count). The maximum Gasteiger partial charge on any atom is 0.225 e. The lowest BCUT2D eigenvalue weighted by atomic mass is 10.0. The number of carbonyl (C=O) groups excluding carboxylic acids is 1. The van der Waals surface area contributed by atoms with Crippen molar-refractivity contribution in [2.75, 3.05) is 0 Å². The molecule has 0 spiro atoms. The van der Waals surface area contributed by atoms with Gasteiger partial charge in [-0.2, -0.15) is 0 Å². The first-order valence-electron chi connectivity index (χ1n) is 8.30. The zero-order valence-electron chi connectivity index (χ0n) is 13.9. The molecule has 2 heterocycles. The summed E-state index contributed by atoms with van der Waals surface area (Å²) in [6.07, 6.45) is 3.69. The van der Waals surface area contributed by atoms with Gasteiger partial charge in [0.25, 0.3) is 0 Å². The van der Waals surface area contributed by atoms with Gasteiger partial charge in [-0.1, -0.05) is 36.4 Å². The Kier molecular flexibility index (Phi) is 3.94. The molecule has 0 bridgehead atoms. The summed E-state index contributed by atoms with van der Waals surface area (Å²) in [5.74, 6) is -0.0474. The Morgan fingerprint density at radius 3 is 2.80 bits per heavy atom. The standard InChI is InChI=1S/C21H18N2O2/c1-14(18-8-4-5-11-22-18)23-20(24)12-16-13-25-19-10-9-15-6-2-3-7-17(15)21(16)19/h2-11,13-14H,12H2,1H3,(H,23,24)/t14-/m0/s1. The van der Waals surface area contributed by atoms with Crippen LogP contribution in [-0.2, 0) is 11.2 Å². The highest BCUT2D eigenvalue weighted by Crippen LogP contribution is 2.30. The summed E-state index contributed by atoms with van der Waals surface area (Å²) in [6, 6.07) is 17.7. The van der Waals surface area contributed by atoms with E-state index in [1.54, 1.807) is 12.5 Å². The number of nitrogens with one attached hydrogen (secondary N) is 1. The normalized spacial score (nSPS) is 12.4. The van der Waals surface area contributed by atoms with Gasteiger partial charge in [0.15, 0.2) is 0 Å². The van der Waals surface area contributed by atoms with Crippen LogP contribution in [0.1, 0.15) is 24.2 Å². The molecule has 1 atom stereocenters. The molecule has 2 aromatic heterocycles. The van der Waals surface area contributed by atoms with E-state index in [-0.39, 0.29) is 18.4 Å². The molecule has 0 saturated heterocycles. The van der Waals surface area contributed by atoms with Crippen LogP contribution in [0, 0.1) is 0 Å². The summed E-state index contributed by atoms with van der Waals surface area (Å²) in [7, 11) is 0. The first kappa shape index (κ1) is 15.4. The molecule has 0 fully saturated rings. The van der Waals surface area contributed by atoms with Gasteiger partial charge in [0.2, 0.25) is 5.91 Å². The van der Waals surface area contributed by atoms with E-state index in [2.05, 4.69) is 22.4 Å². The summed E-state index contributed by atoms with van der Waals surface area (Å²) in [4.78, 5) is 16.8. The average Bonchev–Trinajstić information content (AvgIpc) is 3.05. The van der Waals surface area contributed by atoms with E-state index in [4.69, 9.17) is 4.42 Å². The minimum Gasteiger partial charge on any atom is -0.464 e. The fourth-order valence-electron chi connectivity index (χ4n) is 3.18. The van der Waals surface area contributed by atoms with Crippen molar-refractivity contribution in [1.82, 2.24) is 10.3 Å². The van der Waals surface area contributed by atoms with Crippen LogP contribution < -0.4 is 5.32 Å². The van der Waals surface area contributed by atoms with Gasteiger partial charge in [0.1, 0.15) is 5.58 Å². The van der Waals surface area contributed by atoms with Crippen LogP contribution in [-0.4, -0.2) is 10.9 Å². The van der Waals surface area contributed by atoms with Crippen molar-refractivity contribution >= 4 is 27.6 Å². The molecular formula is C21H18N2O2. The van der Waals surface area contributed by atoms with Gasteiger partial charge in [-0.05, 0) is 35.9 Å². The molecule has 0 unspecified atom stereocenters. The molecular weight excluding hydrogens is 312 g/mol. The molecule has 25 heavy (non-hydrogen) atoms. The number of amides is 1. The van der Waals surface area contributed by atoms with E-state index >= 15 is 0 Å². The van der Waals surface area contributed by atoms with Gasteiger partial charge in [-0.3, -0.25) is 9.78 Å². The molecule has 1 amide bonds. The number of rotatable bonds is 4. The minimum atomic E-state index is -0.136. The third-order valence-corrected chi connectivity index (χ3v) is 4.40. The van der Waals surface area contributed by atoms with Crippen molar-refractivity contribution in [3.8, 4) is 0 Å². The highest BCUT2D eigenvalue weighted by Gasteiger charge is 2.15. The van der Waals surface area contributed by atoms with Crippen LogP contribution in [0.3, 0.4) is 0 Å². The van der Waals surface area contributed by atoms with Gasteiger partial charge in [0, 0.05) is 17.1 Å². The number of nitrogens with zero attached hydrogens (tertiary/aromatic N) is 1. The number of furan rings is 1. The van der Waals surface area contributed by atoms with Crippen LogP contribution in [0.2, 0.25) is 0 Å². The van der Waals surface area contributed by atoms with Gasteiger partial charge in [-0.15, -0.1) is 0 Å². The predicted molar refractivity (Wildman–Crippen MR) is 98.2 cm³/mol. The maximum atomic E-state index is 12.5. The number of benzene rings is 2. The van der Waals surface area contributed by atoms with E-state index in [0.29, 0.717) is 0 Å². The number of carbonyl (C=O) groups is 1. The van der Waals surface area contributed by atoms with Crippen molar-refractivity contribution in [1.29, 1.82) is 0 Å². The largest absolute Gasteiger partial charge is 0.464 e. The quantitative estimate of drug-likeness (QED) is 0.603. The summed E-state index contributed by atoms with van der Waals surface area (Å²) >= 11 is 0. The van der Waals surface area contributed by atoms with Crippen LogP contribution in [0.4, 0.5) is 0 Å². The summed E-state index contributed by atoms with van der Waals surface area (Å²) in [5.41, 5.74) is 2.55. The Morgan fingerprint density at radius 2 is 1.96 bits per heavy atom. The van der Waals surface area contributed by atoms with E-state index in [0.717, 1.165) is 33.0 Å². The SMILES string of the molecule is C[C@H](NC(=O)Cc1coc2ccc3ccccc3c12)c1ccccn1. The van der Waals surface area contributed by atoms with E-state index in [1.165, 1.54) is 0 Å². The Labute approximate surface area is 145 Å². The van der Waals surface area contributed by atoms with E-state index < -0.39 is 0 Å². The Bertz CT molecular complexity index is 1040. The van der Waals surface area contributed by atoms with Crippen LogP contribution in [0.15, 0.2) is 71.5 Å². The zero-order chi connectivity index (χ0) is 17.2. The van der Waals surface area contributed by atoms with Gasteiger partial charge < -0.3 is 9.73 Å². The topological polar surface area (TPSA) is 55.1 Å². The molecule has 1 N–H and O–H groups in total. The maximum absolute atomic E-state index is 12.5. The van der Waals surface area contributed by atoms with Crippen molar-refractivity contribution < 1.29 is 9.21 Å². The number of aromatic nitrogens is 1. The van der Waals surface area contributed by atoms with E-state index in [9.17, 15) is 4.79 Å². The van der Waals surface area contributed by atoms with Crippen LogP contribution >= 0.6 is 0 Å². The molecule has 4 nitrogen and oxygen atoms in total. The third kappa shape index (κ3) is 2.98. The molecule has 0 saturated carbocycles. The fourth-order valence-corrected chi connectivity index (χ4v) is 3.18. The highest BCUT2D eigenvalue weighted by molar-refractivity contribution is 6.08. The molecule has 0 radical (unpaired) electrons. The number of hydrogen-bond donors (Lipinski definition) is 1. The van der Waals surface area contributed by atoms with Gasteiger partial charge >= 0.3 is 0 Å². The second-order valence-electron chi connectivity index (χ2n) is 6.14. The predicted octanol–water partition coefficient (Wildman–Crippen LogP) is 4.40. The lowest BCUT2D eigenvalue weighted by molar-refractivity contribution is -0.121. The van der Waals surface area contributed by atoms with Crippen molar-refractivity contribution in [3.63, 3.8) is 0 Å².